The fraction of sp³-hybridized carbons (Fsp3) is 0.111. The number of aromatic nitrogens is 3. The van der Waals surface area contributed by atoms with Crippen molar-refractivity contribution in [3.8, 4) is 11.3 Å². The summed E-state index contributed by atoms with van der Waals surface area (Å²) in [5.41, 5.74) is 2.38. The predicted octanol–water partition coefficient (Wildman–Crippen LogP) is 1.54. The Morgan fingerprint density at radius 2 is 1.92 bits per heavy atom. The van der Waals surface area contributed by atoms with Crippen LogP contribution in [0.25, 0.3) is 11.3 Å². The van der Waals surface area contributed by atoms with Crippen molar-refractivity contribution >= 4 is 5.97 Å². The summed E-state index contributed by atoms with van der Waals surface area (Å²) in [7, 11) is 0. The highest BCUT2D eigenvalue weighted by Gasteiger charge is 2.08. The number of carboxylic acids is 1. The quantitative estimate of drug-likeness (QED) is 0.732. The Morgan fingerprint density at radius 1 is 1.08 bits per heavy atom. The maximum atomic E-state index is 12.1. The Labute approximate surface area is 142 Å². The van der Waals surface area contributed by atoms with E-state index in [1.165, 1.54) is 22.9 Å². The van der Waals surface area contributed by atoms with Crippen LogP contribution < -0.4 is 5.56 Å². The van der Waals surface area contributed by atoms with Gasteiger partial charge in [0.2, 0.25) is 0 Å². The van der Waals surface area contributed by atoms with Gasteiger partial charge in [0.25, 0.3) is 5.56 Å². The number of benzene rings is 1. The van der Waals surface area contributed by atoms with Crippen LogP contribution in [0.2, 0.25) is 0 Å². The molecular weight excluding hydrogens is 322 g/mol. The molecule has 3 aromatic rings. The van der Waals surface area contributed by atoms with E-state index in [1.54, 1.807) is 36.7 Å². The molecule has 0 radical (unpaired) electrons. The number of pyridine rings is 1. The molecule has 0 saturated heterocycles. The summed E-state index contributed by atoms with van der Waals surface area (Å²) >= 11 is 0. The predicted molar refractivity (Wildman–Crippen MR) is 90.2 cm³/mol. The molecule has 25 heavy (non-hydrogen) atoms. The van der Waals surface area contributed by atoms with E-state index < -0.39 is 5.97 Å². The van der Waals surface area contributed by atoms with Gasteiger partial charge in [-0.2, -0.15) is 5.10 Å². The molecule has 2 heterocycles. The maximum Gasteiger partial charge on any atom is 0.335 e. The molecular formula is C18H15N3O4. The molecule has 7 heteroatoms. The lowest BCUT2D eigenvalue weighted by molar-refractivity contribution is 0.0696. The van der Waals surface area contributed by atoms with E-state index in [9.17, 15) is 14.7 Å². The van der Waals surface area contributed by atoms with Crippen molar-refractivity contribution in [1.82, 2.24) is 14.8 Å². The minimum absolute atomic E-state index is 0.136. The normalized spacial score (nSPS) is 10.6. The van der Waals surface area contributed by atoms with Gasteiger partial charge in [-0.25, -0.2) is 9.48 Å². The van der Waals surface area contributed by atoms with Gasteiger partial charge in [-0.05, 0) is 35.4 Å². The lowest BCUT2D eigenvalue weighted by atomic mass is 10.1. The van der Waals surface area contributed by atoms with Crippen LogP contribution >= 0.6 is 0 Å². The minimum Gasteiger partial charge on any atom is -0.478 e. The summed E-state index contributed by atoms with van der Waals surface area (Å²) < 4.78 is 1.27. The van der Waals surface area contributed by atoms with Gasteiger partial charge in [0.05, 0.1) is 24.4 Å². The average molecular weight is 337 g/mol. The molecule has 0 atom stereocenters. The number of aliphatic hydroxyl groups excluding tert-OH is 1. The van der Waals surface area contributed by atoms with Crippen molar-refractivity contribution in [2.75, 3.05) is 0 Å². The van der Waals surface area contributed by atoms with Crippen LogP contribution in [0.3, 0.4) is 0 Å². The number of aromatic carboxylic acids is 1. The lowest BCUT2D eigenvalue weighted by Gasteiger charge is -2.08. The van der Waals surface area contributed by atoms with Crippen LogP contribution in [-0.4, -0.2) is 30.9 Å². The first-order valence-electron chi connectivity index (χ1n) is 7.52. The zero-order valence-electron chi connectivity index (χ0n) is 13.2. The molecule has 0 unspecified atom stereocenters. The molecule has 0 bridgehead atoms. The van der Waals surface area contributed by atoms with Gasteiger partial charge in [0, 0.05) is 24.0 Å². The molecule has 126 valence electrons. The maximum absolute atomic E-state index is 12.1. The molecule has 0 amide bonds. The molecule has 7 nitrogen and oxygen atoms in total. The molecule has 0 fully saturated rings. The van der Waals surface area contributed by atoms with E-state index in [1.807, 2.05) is 0 Å². The number of rotatable bonds is 5. The second-order valence-corrected chi connectivity index (χ2v) is 5.46. The van der Waals surface area contributed by atoms with Gasteiger partial charge in [-0.15, -0.1) is 0 Å². The number of aliphatic hydroxyl groups is 1. The molecule has 3 rings (SSSR count). The Hall–Kier alpha value is -3.32. The van der Waals surface area contributed by atoms with Crippen molar-refractivity contribution < 1.29 is 15.0 Å². The third-order valence-electron chi connectivity index (χ3n) is 3.65. The Bertz CT molecular complexity index is 982. The number of hydrogen-bond donors (Lipinski definition) is 2. The molecule has 0 aliphatic rings. The molecule has 2 aromatic heterocycles. The summed E-state index contributed by atoms with van der Waals surface area (Å²) in [6, 6.07) is 11.1. The molecule has 2 N–H and O–H groups in total. The van der Waals surface area contributed by atoms with Crippen molar-refractivity contribution in [3.05, 3.63) is 81.9 Å². The summed E-state index contributed by atoms with van der Waals surface area (Å²) in [5.74, 6) is -1.03. The lowest BCUT2D eigenvalue weighted by Crippen LogP contribution is -2.23. The Morgan fingerprint density at radius 3 is 2.68 bits per heavy atom. The van der Waals surface area contributed by atoms with Gasteiger partial charge >= 0.3 is 5.97 Å². The molecule has 0 aliphatic carbocycles. The van der Waals surface area contributed by atoms with Crippen molar-refractivity contribution in [1.29, 1.82) is 0 Å². The standard InChI is InChI=1S/C18H15N3O4/c22-11-13-7-15(9-19-8-13)16-4-5-17(23)21(20-16)10-12-2-1-3-14(6-12)18(24)25/h1-9,22H,10-11H2,(H,24,25). The zero-order valence-corrected chi connectivity index (χ0v) is 13.2. The van der Waals surface area contributed by atoms with Gasteiger partial charge in [0.1, 0.15) is 0 Å². The number of hydrogen-bond acceptors (Lipinski definition) is 5. The smallest absolute Gasteiger partial charge is 0.335 e. The molecule has 0 saturated carbocycles. The Kier molecular flexibility index (Phi) is 4.67. The minimum atomic E-state index is -1.03. The summed E-state index contributed by atoms with van der Waals surface area (Å²) in [6.45, 7) is 0.0172. The molecule has 0 aliphatic heterocycles. The van der Waals surface area contributed by atoms with E-state index in [2.05, 4.69) is 10.1 Å². The second-order valence-electron chi connectivity index (χ2n) is 5.46. The number of nitrogens with zero attached hydrogens (tertiary/aromatic N) is 3. The van der Waals surface area contributed by atoms with Gasteiger partial charge in [0.15, 0.2) is 0 Å². The van der Waals surface area contributed by atoms with Crippen molar-refractivity contribution in [2.45, 2.75) is 13.2 Å². The zero-order chi connectivity index (χ0) is 17.8. The Balaban J connectivity index is 1.96. The third-order valence-corrected chi connectivity index (χ3v) is 3.65. The fourth-order valence-electron chi connectivity index (χ4n) is 2.41. The van der Waals surface area contributed by atoms with Crippen LogP contribution in [0.1, 0.15) is 21.5 Å². The van der Waals surface area contributed by atoms with Gasteiger partial charge in [-0.3, -0.25) is 9.78 Å². The monoisotopic (exact) mass is 337 g/mol. The summed E-state index contributed by atoms with van der Waals surface area (Å²) in [5, 5.41) is 22.6. The number of carboxylic acid groups (broad SMARTS) is 1. The second kappa shape index (κ2) is 7.06. The fourth-order valence-corrected chi connectivity index (χ4v) is 2.41. The highest BCUT2D eigenvalue weighted by molar-refractivity contribution is 5.87. The average Bonchev–Trinajstić information content (AvgIpc) is 2.64. The number of carbonyl (C=O) groups is 1. The highest BCUT2D eigenvalue weighted by Crippen LogP contribution is 2.16. The van der Waals surface area contributed by atoms with Gasteiger partial charge in [-0.1, -0.05) is 12.1 Å². The van der Waals surface area contributed by atoms with E-state index in [0.29, 0.717) is 22.4 Å². The highest BCUT2D eigenvalue weighted by atomic mass is 16.4. The first kappa shape index (κ1) is 16.5. The van der Waals surface area contributed by atoms with E-state index in [0.717, 1.165) is 0 Å². The topological polar surface area (TPSA) is 105 Å². The van der Waals surface area contributed by atoms with Crippen LogP contribution in [0.15, 0.2) is 59.7 Å². The molecule has 1 aromatic carbocycles. The largest absolute Gasteiger partial charge is 0.478 e. The first-order valence-corrected chi connectivity index (χ1v) is 7.52. The van der Waals surface area contributed by atoms with Crippen LogP contribution in [-0.2, 0) is 13.2 Å². The van der Waals surface area contributed by atoms with Crippen molar-refractivity contribution in [3.63, 3.8) is 0 Å². The van der Waals surface area contributed by atoms with Crippen LogP contribution in [0.5, 0.6) is 0 Å². The molecule has 0 spiro atoms. The summed E-state index contributed by atoms with van der Waals surface area (Å²) in [6.07, 6.45) is 3.15. The van der Waals surface area contributed by atoms with Crippen molar-refractivity contribution in [2.24, 2.45) is 0 Å². The summed E-state index contributed by atoms with van der Waals surface area (Å²) in [4.78, 5) is 27.2. The van der Waals surface area contributed by atoms with E-state index in [4.69, 9.17) is 5.11 Å². The first-order chi connectivity index (χ1) is 12.1. The van der Waals surface area contributed by atoms with Crippen LogP contribution in [0, 0.1) is 0 Å². The van der Waals surface area contributed by atoms with E-state index in [-0.39, 0.29) is 24.3 Å². The van der Waals surface area contributed by atoms with Gasteiger partial charge < -0.3 is 10.2 Å². The third kappa shape index (κ3) is 3.78. The van der Waals surface area contributed by atoms with Crippen LogP contribution in [0.4, 0.5) is 0 Å². The van der Waals surface area contributed by atoms with E-state index >= 15 is 0 Å². The SMILES string of the molecule is O=C(O)c1cccc(Cn2nc(-c3cncc(CO)c3)ccc2=O)c1.